The predicted molar refractivity (Wildman–Crippen MR) is 133 cm³/mol. The number of carboxylic acid groups (broad SMARTS) is 2. The zero-order valence-corrected chi connectivity index (χ0v) is 19.0. The van der Waals surface area contributed by atoms with E-state index in [4.69, 9.17) is 24.8 Å². The average Bonchev–Trinajstić information content (AvgIpc) is 3.49. The van der Waals surface area contributed by atoms with E-state index in [1.165, 1.54) is 16.5 Å². The van der Waals surface area contributed by atoms with Gasteiger partial charge in [-0.3, -0.25) is 9.78 Å². The van der Waals surface area contributed by atoms with E-state index in [1.54, 1.807) is 0 Å². The van der Waals surface area contributed by atoms with Crippen molar-refractivity contribution in [3.8, 4) is 0 Å². The Morgan fingerprint density at radius 1 is 0.943 bits per heavy atom. The Labute approximate surface area is 201 Å². The Morgan fingerprint density at radius 2 is 1.66 bits per heavy atom. The number of benzene rings is 2. The number of para-hydroxylation sites is 2. The normalized spacial score (nSPS) is 12.1. The van der Waals surface area contributed by atoms with E-state index < -0.39 is 11.9 Å². The summed E-state index contributed by atoms with van der Waals surface area (Å²) in [5.41, 5.74) is 6.66. The number of rotatable bonds is 6. The highest BCUT2D eigenvalue weighted by Crippen LogP contribution is 2.33. The smallest absolute Gasteiger partial charge is 0.414 e. The first-order valence-corrected chi connectivity index (χ1v) is 11.4. The number of hydrogen-bond acceptors (Lipinski definition) is 5. The molecule has 0 bridgehead atoms. The van der Waals surface area contributed by atoms with Gasteiger partial charge >= 0.3 is 11.9 Å². The van der Waals surface area contributed by atoms with Crippen LogP contribution in [0.2, 0.25) is 0 Å². The summed E-state index contributed by atoms with van der Waals surface area (Å²) >= 11 is 0. The largest absolute Gasteiger partial charge is 0.473 e. The number of anilines is 1. The lowest BCUT2D eigenvalue weighted by Gasteiger charge is -2.14. The van der Waals surface area contributed by atoms with E-state index in [0.717, 1.165) is 60.0 Å². The number of fused-ring (bicyclic) bond motifs is 3. The Kier molecular flexibility index (Phi) is 7.37. The highest BCUT2D eigenvalue weighted by molar-refractivity contribution is 6.27. The first-order chi connectivity index (χ1) is 16.9. The fourth-order valence-electron chi connectivity index (χ4n) is 4.30. The molecular formula is C26H26N4O5. The Hall–Kier alpha value is -4.24. The van der Waals surface area contributed by atoms with Gasteiger partial charge in [0.2, 0.25) is 5.91 Å². The number of H-pyrrole nitrogens is 1. The van der Waals surface area contributed by atoms with Crippen LogP contribution in [-0.2, 0) is 33.6 Å². The van der Waals surface area contributed by atoms with Crippen LogP contribution >= 0.6 is 0 Å². The molecule has 35 heavy (non-hydrogen) atoms. The summed E-state index contributed by atoms with van der Waals surface area (Å²) in [6.07, 6.45) is 6.01. The fraction of sp³-hybridized carbons (Fsp3) is 0.231. The molecule has 0 saturated heterocycles. The molecule has 1 amide bonds. The van der Waals surface area contributed by atoms with E-state index in [1.807, 2.05) is 30.3 Å². The number of carboxylic acids is 2. The molecule has 0 fully saturated rings. The van der Waals surface area contributed by atoms with Crippen molar-refractivity contribution >= 4 is 45.3 Å². The Bertz CT molecular complexity index is 1380. The number of nitrogens with one attached hydrogen (secondary N) is 3. The van der Waals surface area contributed by atoms with Crippen molar-refractivity contribution in [1.29, 1.82) is 0 Å². The van der Waals surface area contributed by atoms with Crippen molar-refractivity contribution in [2.24, 2.45) is 0 Å². The monoisotopic (exact) mass is 474 g/mol. The van der Waals surface area contributed by atoms with Crippen LogP contribution in [0.4, 0.5) is 5.69 Å². The minimum absolute atomic E-state index is 0.00520. The van der Waals surface area contributed by atoms with Crippen LogP contribution < -0.4 is 10.6 Å². The molecule has 2 aromatic heterocycles. The van der Waals surface area contributed by atoms with E-state index in [-0.39, 0.29) is 5.91 Å². The molecule has 0 radical (unpaired) electrons. The van der Waals surface area contributed by atoms with E-state index in [0.29, 0.717) is 6.54 Å². The topological polar surface area (TPSA) is 144 Å². The minimum Gasteiger partial charge on any atom is -0.473 e. The average molecular weight is 475 g/mol. The molecule has 0 saturated carbocycles. The first-order valence-electron chi connectivity index (χ1n) is 11.4. The van der Waals surface area contributed by atoms with Gasteiger partial charge in [0.05, 0.1) is 17.7 Å². The lowest BCUT2D eigenvalue weighted by Crippen LogP contribution is -2.30. The molecule has 0 unspecified atom stereocenters. The fourth-order valence-corrected chi connectivity index (χ4v) is 4.30. The number of aliphatic carboxylic acids is 2. The SMILES string of the molecule is O=C(CNCCc1c[nH]c2ccccc12)Nc1c2c(nc3ccccc13)CCC2.O=C(O)C(=O)O. The zero-order chi connectivity index (χ0) is 24.8. The van der Waals surface area contributed by atoms with Gasteiger partial charge < -0.3 is 25.8 Å². The highest BCUT2D eigenvalue weighted by Gasteiger charge is 2.20. The molecule has 2 heterocycles. The quantitative estimate of drug-likeness (QED) is 0.213. The number of aromatic amines is 1. The standard InChI is InChI=1S/C24H24N4O.C2H2O4/c29-23(15-25-13-12-16-14-26-20-9-3-1-6-17(16)20)28-24-18-7-2-4-10-21(18)27-22-11-5-8-19(22)24;3-1(4)2(5)6/h1-4,6-7,9-10,14,25-26H,5,8,11-13,15H2,(H,27,28,29);(H,3,4)(H,5,6). The number of aryl methyl sites for hydroxylation is 1. The maximum Gasteiger partial charge on any atom is 0.414 e. The molecule has 9 heteroatoms. The summed E-state index contributed by atoms with van der Waals surface area (Å²) in [7, 11) is 0. The number of amides is 1. The van der Waals surface area contributed by atoms with Crippen LogP contribution in [0, 0.1) is 0 Å². The Morgan fingerprint density at radius 3 is 2.43 bits per heavy atom. The van der Waals surface area contributed by atoms with Gasteiger partial charge in [-0.1, -0.05) is 36.4 Å². The molecule has 180 valence electrons. The van der Waals surface area contributed by atoms with Gasteiger partial charge in [0, 0.05) is 28.2 Å². The molecule has 9 nitrogen and oxygen atoms in total. The predicted octanol–water partition coefficient (Wildman–Crippen LogP) is 3.13. The number of pyridine rings is 1. The number of carbonyl (C=O) groups is 3. The summed E-state index contributed by atoms with van der Waals surface area (Å²) in [4.78, 5) is 38.9. The third-order valence-corrected chi connectivity index (χ3v) is 5.90. The zero-order valence-electron chi connectivity index (χ0n) is 19.0. The van der Waals surface area contributed by atoms with Gasteiger partial charge in [-0.05, 0) is 55.5 Å². The lowest BCUT2D eigenvalue weighted by molar-refractivity contribution is -0.159. The molecule has 1 aliphatic rings. The molecular weight excluding hydrogens is 448 g/mol. The second kappa shape index (κ2) is 10.8. The summed E-state index contributed by atoms with van der Waals surface area (Å²) in [6.45, 7) is 1.05. The molecule has 4 aromatic rings. The molecule has 1 aliphatic carbocycles. The van der Waals surface area contributed by atoms with Crippen LogP contribution in [0.15, 0.2) is 54.7 Å². The number of carbonyl (C=O) groups excluding carboxylic acids is 1. The molecule has 2 aromatic carbocycles. The number of aromatic nitrogens is 2. The molecule has 5 N–H and O–H groups in total. The second-order valence-corrected chi connectivity index (χ2v) is 8.23. The minimum atomic E-state index is -1.82. The summed E-state index contributed by atoms with van der Waals surface area (Å²) in [6, 6.07) is 16.3. The van der Waals surface area contributed by atoms with Gasteiger partial charge in [-0.2, -0.15) is 0 Å². The van der Waals surface area contributed by atoms with Crippen molar-refractivity contribution in [1.82, 2.24) is 15.3 Å². The van der Waals surface area contributed by atoms with Crippen molar-refractivity contribution in [3.05, 3.63) is 71.5 Å². The van der Waals surface area contributed by atoms with Crippen LogP contribution in [-0.4, -0.2) is 51.1 Å². The highest BCUT2D eigenvalue weighted by atomic mass is 16.4. The van der Waals surface area contributed by atoms with Crippen LogP contribution in [0.1, 0.15) is 23.2 Å². The summed E-state index contributed by atoms with van der Waals surface area (Å²) in [5, 5.41) is 23.5. The van der Waals surface area contributed by atoms with Gasteiger partial charge in [0.1, 0.15) is 0 Å². The van der Waals surface area contributed by atoms with Crippen LogP contribution in [0.3, 0.4) is 0 Å². The van der Waals surface area contributed by atoms with Gasteiger partial charge in [0.15, 0.2) is 0 Å². The third-order valence-electron chi connectivity index (χ3n) is 5.90. The lowest BCUT2D eigenvalue weighted by atomic mass is 10.1. The number of nitrogens with zero attached hydrogens (tertiary/aromatic N) is 1. The maximum absolute atomic E-state index is 12.6. The maximum atomic E-state index is 12.6. The Balaban J connectivity index is 0.000000431. The van der Waals surface area contributed by atoms with Gasteiger partial charge in [-0.25, -0.2) is 9.59 Å². The van der Waals surface area contributed by atoms with E-state index in [2.05, 4.69) is 40.0 Å². The van der Waals surface area contributed by atoms with Crippen molar-refractivity contribution in [2.45, 2.75) is 25.7 Å². The van der Waals surface area contributed by atoms with Crippen LogP contribution in [0.25, 0.3) is 21.8 Å². The van der Waals surface area contributed by atoms with Crippen molar-refractivity contribution in [2.75, 3.05) is 18.4 Å². The van der Waals surface area contributed by atoms with Crippen molar-refractivity contribution in [3.63, 3.8) is 0 Å². The summed E-state index contributed by atoms with van der Waals surface area (Å²) < 4.78 is 0. The molecule has 0 aliphatic heterocycles. The summed E-state index contributed by atoms with van der Waals surface area (Å²) in [5.74, 6) is -3.65. The molecule has 5 rings (SSSR count). The number of hydrogen-bond donors (Lipinski definition) is 5. The molecule has 0 atom stereocenters. The van der Waals surface area contributed by atoms with E-state index >= 15 is 0 Å². The van der Waals surface area contributed by atoms with Crippen molar-refractivity contribution < 1.29 is 24.6 Å². The van der Waals surface area contributed by atoms with Crippen LogP contribution in [0.5, 0.6) is 0 Å². The third kappa shape index (κ3) is 5.64. The van der Waals surface area contributed by atoms with Gasteiger partial charge in [-0.15, -0.1) is 0 Å². The first kappa shape index (κ1) is 23.9. The van der Waals surface area contributed by atoms with Gasteiger partial charge in [0.25, 0.3) is 0 Å². The molecule has 0 spiro atoms. The van der Waals surface area contributed by atoms with E-state index in [9.17, 15) is 4.79 Å². The second-order valence-electron chi connectivity index (χ2n) is 8.23.